The maximum Gasteiger partial charge on any atom is 0.101 e. The molecule has 0 aliphatic carbocycles. The normalized spacial score (nSPS) is 10.8. The number of quaternary nitrogens is 1. The van der Waals surface area contributed by atoms with Gasteiger partial charge in [0.25, 0.3) is 0 Å². The van der Waals surface area contributed by atoms with Crippen molar-refractivity contribution in [1.82, 2.24) is 0 Å². The number of fused-ring (bicyclic) bond motifs is 1. The van der Waals surface area contributed by atoms with Crippen LogP contribution in [-0.2, 0) is 6.54 Å². The van der Waals surface area contributed by atoms with Gasteiger partial charge in [0.1, 0.15) is 6.54 Å². The standard InChI is InChI=1S/C9H8ClNS/c10-7-1-2-9-8(3-7)6(4-11)5-12-9/h1-3,5H,4,11H2/p+1. The Balaban J connectivity index is 2.75. The SMILES string of the molecule is [NH3+]Cc1csc2ccc(Cl)cc12. The van der Waals surface area contributed by atoms with E-state index < -0.39 is 0 Å². The smallest absolute Gasteiger partial charge is 0.101 e. The van der Waals surface area contributed by atoms with E-state index in [1.807, 2.05) is 12.1 Å². The minimum Gasteiger partial charge on any atom is -0.354 e. The van der Waals surface area contributed by atoms with Gasteiger partial charge in [-0.05, 0) is 18.2 Å². The summed E-state index contributed by atoms with van der Waals surface area (Å²) in [5, 5.41) is 4.20. The third-order valence-corrected chi connectivity index (χ3v) is 3.13. The van der Waals surface area contributed by atoms with Crippen molar-refractivity contribution < 1.29 is 5.73 Å². The second-order valence-corrected chi connectivity index (χ2v) is 4.00. The number of halogens is 1. The summed E-state index contributed by atoms with van der Waals surface area (Å²) in [4.78, 5) is 0. The van der Waals surface area contributed by atoms with Gasteiger partial charge in [-0.3, -0.25) is 0 Å². The van der Waals surface area contributed by atoms with Crippen LogP contribution in [0.2, 0.25) is 5.02 Å². The molecule has 0 amide bonds. The molecule has 0 radical (unpaired) electrons. The van der Waals surface area contributed by atoms with Gasteiger partial charge in [-0.2, -0.15) is 0 Å². The lowest BCUT2D eigenvalue weighted by Crippen LogP contribution is -2.47. The van der Waals surface area contributed by atoms with Crippen molar-refractivity contribution in [2.75, 3.05) is 0 Å². The molecule has 3 heteroatoms. The number of hydrogen-bond donors (Lipinski definition) is 1. The molecule has 0 aliphatic rings. The van der Waals surface area contributed by atoms with Crippen LogP contribution in [0.5, 0.6) is 0 Å². The highest BCUT2D eigenvalue weighted by Crippen LogP contribution is 2.27. The number of benzene rings is 1. The molecule has 0 fully saturated rings. The number of rotatable bonds is 1. The zero-order chi connectivity index (χ0) is 8.55. The molecular weight excluding hydrogens is 190 g/mol. The Kier molecular flexibility index (Phi) is 2.05. The highest BCUT2D eigenvalue weighted by atomic mass is 35.5. The minimum atomic E-state index is 0.801. The van der Waals surface area contributed by atoms with Gasteiger partial charge >= 0.3 is 0 Å². The zero-order valence-electron chi connectivity index (χ0n) is 6.51. The Morgan fingerprint density at radius 3 is 3.00 bits per heavy atom. The lowest BCUT2D eigenvalue weighted by Gasteiger charge is -1.92. The quantitative estimate of drug-likeness (QED) is 0.729. The van der Waals surface area contributed by atoms with Crippen molar-refractivity contribution in [3.8, 4) is 0 Å². The summed E-state index contributed by atoms with van der Waals surface area (Å²) < 4.78 is 1.29. The first-order chi connectivity index (χ1) is 5.81. The molecule has 0 unspecified atom stereocenters. The lowest BCUT2D eigenvalue weighted by molar-refractivity contribution is -0.386. The summed E-state index contributed by atoms with van der Waals surface area (Å²) in [5.74, 6) is 0. The Labute approximate surface area is 79.8 Å². The first kappa shape index (κ1) is 8.05. The van der Waals surface area contributed by atoms with Crippen molar-refractivity contribution in [2.45, 2.75) is 6.54 Å². The molecule has 62 valence electrons. The molecule has 2 aromatic rings. The molecule has 1 nitrogen and oxygen atoms in total. The monoisotopic (exact) mass is 198 g/mol. The fourth-order valence-corrected chi connectivity index (χ4v) is 2.40. The maximum absolute atomic E-state index is 5.89. The number of thiophene rings is 1. The minimum absolute atomic E-state index is 0.801. The van der Waals surface area contributed by atoms with Gasteiger partial charge in [0.15, 0.2) is 0 Å². The molecular formula is C9H9ClNS+. The Morgan fingerprint density at radius 1 is 1.42 bits per heavy atom. The van der Waals surface area contributed by atoms with Gasteiger partial charge in [0, 0.05) is 26.1 Å². The first-order valence-electron chi connectivity index (χ1n) is 3.76. The zero-order valence-corrected chi connectivity index (χ0v) is 8.08. The third-order valence-electron chi connectivity index (χ3n) is 1.89. The molecule has 1 aromatic carbocycles. The van der Waals surface area contributed by atoms with E-state index in [2.05, 4.69) is 17.2 Å². The topological polar surface area (TPSA) is 27.6 Å². The number of hydrogen-bond acceptors (Lipinski definition) is 1. The van der Waals surface area contributed by atoms with Crippen LogP contribution >= 0.6 is 22.9 Å². The summed E-state index contributed by atoms with van der Waals surface area (Å²) in [5.41, 5.74) is 5.16. The van der Waals surface area contributed by atoms with E-state index in [4.69, 9.17) is 11.6 Å². The average molecular weight is 199 g/mol. The molecule has 0 spiro atoms. The molecule has 1 aromatic heterocycles. The van der Waals surface area contributed by atoms with Crippen LogP contribution in [0, 0.1) is 0 Å². The Bertz CT molecular complexity index is 408. The summed E-state index contributed by atoms with van der Waals surface area (Å²) >= 11 is 7.64. The van der Waals surface area contributed by atoms with Crippen LogP contribution in [0.4, 0.5) is 0 Å². The molecule has 0 bridgehead atoms. The summed E-state index contributed by atoms with van der Waals surface area (Å²) in [6.45, 7) is 0.834. The van der Waals surface area contributed by atoms with Crippen LogP contribution in [0.1, 0.15) is 5.56 Å². The van der Waals surface area contributed by atoms with Crippen LogP contribution in [0.3, 0.4) is 0 Å². The Morgan fingerprint density at radius 2 is 2.25 bits per heavy atom. The van der Waals surface area contributed by atoms with Gasteiger partial charge in [0.2, 0.25) is 0 Å². The van der Waals surface area contributed by atoms with Crippen molar-refractivity contribution in [2.24, 2.45) is 0 Å². The molecule has 12 heavy (non-hydrogen) atoms. The highest BCUT2D eigenvalue weighted by Gasteiger charge is 2.03. The molecule has 0 saturated heterocycles. The van der Waals surface area contributed by atoms with Gasteiger partial charge in [-0.15, -0.1) is 11.3 Å². The van der Waals surface area contributed by atoms with E-state index in [1.165, 1.54) is 15.6 Å². The summed E-state index contributed by atoms with van der Waals surface area (Å²) in [6, 6.07) is 5.99. The van der Waals surface area contributed by atoms with Crippen LogP contribution in [-0.4, -0.2) is 0 Å². The van der Waals surface area contributed by atoms with Gasteiger partial charge < -0.3 is 5.73 Å². The van der Waals surface area contributed by atoms with Crippen LogP contribution in [0.15, 0.2) is 23.6 Å². The average Bonchev–Trinajstić information content (AvgIpc) is 2.46. The van der Waals surface area contributed by atoms with E-state index in [0.29, 0.717) is 0 Å². The molecule has 0 aliphatic heterocycles. The molecule has 1 heterocycles. The van der Waals surface area contributed by atoms with Crippen LogP contribution in [0.25, 0.3) is 10.1 Å². The van der Waals surface area contributed by atoms with E-state index in [-0.39, 0.29) is 0 Å². The maximum atomic E-state index is 5.89. The van der Waals surface area contributed by atoms with E-state index in [9.17, 15) is 0 Å². The largest absolute Gasteiger partial charge is 0.354 e. The van der Waals surface area contributed by atoms with Gasteiger partial charge in [-0.1, -0.05) is 11.6 Å². The van der Waals surface area contributed by atoms with Gasteiger partial charge in [0.05, 0.1) is 0 Å². The third kappa shape index (κ3) is 1.22. The van der Waals surface area contributed by atoms with Gasteiger partial charge in [-0.25, -0.2) is 0 Å². The molecule has 3 N–H and O–H groups in total. The van der Waals surface area contributed by atoms with Crippen LogP contribution < -0.4 is 5.73 Å². The predicted molar refractivity (Wildman–Crippen MR) is 53.4 cm³/mol. The van der Waals surface area contributed by atoms with E-state index >= 15 is 0 Å². The van der Waals surface area contributed by atoms with Crippen molar-refractivity contribution >= 4 is 33.0 Å². The van der Waals surface area contributed by atoms with E-state index in [0.717, 1.165) is 11.6 Å². The predicted octanol–water partition coefficient (Wildman–Crippen LogP) is 2.30. The molecule has 0 atom stereocenters. The second-order valence-electron chi connectivity index (χ2n) is 2.65. The van der Waals surface area contributed by atoms with Crippen molar-refractivity contribution in [3.05, 3.63) is 34.2 Å². The summed E-state index contributed by atoms with van der Waals surface area (Å²) in [7, 11) is 0. The first-order valence-corrected chi connectivity index (χ1v) is 5.02. The highest BCUT2D eigenvalue weighted by molar-refractivity contribution is 7.17. The second kappa shape index (κ2) is 3.05. The van der Waals surface area contributed by atoms with Crippen molar-refractivity contribution in [1.29, 1.82) is 0 Å². The molecule has 2 rings (SSSR count). The van der Waals surface area contributed by atoms with Crippen molar-refractivity contribution in [3.63, 3.8) is 0 Å². The van der Waals surface area contributed by atoms with E-state index in [1.54, 1.807) is 11.3 Å². The lowest BCUT2D eigenvalue weighted by atomic mass is 10.2. The Hall–Kier alpha value is -0.570. The molecule has 0 saturated carbocycles. The fraction of sp³-hybridized carbons (Fsp3) is 0.111. The summed E-state index contributed by atoms with van der Waals surface area (Å²) in [6.07, 6.45) is 0. The fourth-order valence-electron chi connectivity index (χ4n) is 1.25.